The van der Waals surface area contributed by atoms with E-state index in [-0.39, 0.29) is 5.91 Å². The summed E-state index contributed by atoms with van der Waals surface area (Å²) in [5.41, 5.74) is -0.894. The first-order valence-corrected chi connectivity index (χ1v) is 5.08. The van der Waals surface area contributed by atoms with Gasteiger partial charge in [0, 0.05) is 19.8 Å². The fourth-order valence-corrected chi connectivity index (χ4v) is 1.40. The second kappa shape index (κ2) is 4.61. The number of hydrogen-bond acceptors (Lipinski definition) is 3. The molecule has 90 valence electrons. The Morgan fingerprint density at radius 3 is 2.31 bits per heavy atom. The summed E-state index contributed by atoms with van der Waals surface area (Å²) >= 11 is 0. The Morgan fingerprint density at radius 1 is 1.38 bits per heavy atom. The number of hydrogen-bond donors (Lipinski definition) is 1. The maximum Gasteiger partial charge on any atom is 0.407 e. The van der Waals surface area contributed by atoms with Crippen LogP contribution in [-0.2, 0) is 4.79 Å². The zero-order valence-electron chi connectivity index (χ0n) is 9.80. The quantitative estimate of drug-likeness (QED) is 0.700. The first kappa shape index (κ1) is 12.6. The Morgan fingerprint density at radius 2 is 1.94 bits per heavy atom. The predicted octanol–water partition coefficient (Wildman–Crippen LogP) is 0.288. The highest BCUT2D eigenvalue weighted by Crippen LogP contribution is 2.42. The lowest BCUT2D eigenvalue weighted by atomic mass is 10.2. The van der Waals surface area contributed by atoms with Gasteiger partial charge in [0.1, 0.15) is 5.54 Å². The van der Waals surface area contributed by atoms with Gasteiger partial charge in [0.2, 0.25) is 0 Å². The van der Waals surface area contributed by atoms with Gasteiger partial charge in [-0.25, -0.2) is 9.79 Å². The number of carboxylic acid groups (broad SMARTS) is 1. The van der Waals surface area contributed by atoms with Crippen molar-refractivity contribution in [3.63, 3.8) is 0 Å². The van der Waals surface area contributed by atoms with Gasteiger partial charge in [0.25, 0.3) is 5.91 Å². The van der Waals surface area contributed by atoms with Crippen LogP contribution in [0.15, 0.2) is 4.99 Å². The molecule has 1 rings (SSSR count). The summed E-state index contributed by atoms with van der Waals surface area (Å²) in [7, 11) is 5.15. The lowest BCUT2D eigenvalue weighted by molar-refractivity contribution is -0.123. The molecule has 1 saturated carbocycles. The van der Waals surface area contributed by atoms with Gasteiger partial charge in [-0.3, -0.25) is 9.69 Å². The van der Waals surface area contributed by atoms with Gasteiger partial charge in [-0.15, -0.1) is 0 Å². The van der Waals surface area contributed by atoms with Crippen molar-refractivity contribution in [3.05, 3.63) is 0 Å². The summed E-state index contributed by atoms with van der Waals surface area (Å²) in [4.78, 5) is 29.2. The van der Waals surface area contributed by atoms with Gasteiger partial charge in [-0.05, 0) is 26.9 Å². The SMILES string of the molecule is CN(C)CC=NC(=O)C1(N(C)C(=O)O)CC1. The van der Waals surface area contributed by atoms with Crippen LogP contribution in [0.1, 0.15) is 12.8 Å². The minimum Gasteiger partial charge on any atom is -0.465 e. The van der Waals surface area contributed by atoms with Crippen LogP contribution in [0.3, 0.4) is 0 Å². The Kier molecular flexibility index (Phi) is 3.64. The maximum atomic E-state index is 11.7. The Bertz CT molecular complexity index is 321. The van der Waals surface area contributed by atoms with Gasteiger partial charge >= 0.3 is 6.09 Å². The van der Waals surface area contributed by atoms with Crippen molar-refractivity contribution in [2.24, 2.45) is 4.99 Å². The van der Waals surface area contributed by atoms with Crippen LogP contribution in [-0.4, -0.2) is 66.3 Å². The second-order valence-corrected chi connectivity index (χ2v) is 4.25. The monoisotopic (exact) mass is 227 g/mol. The summed E-state index contributed by atoms with van der Waals surface area (Å²) < 4.78 is 0. The van der Waals surface area contributed by atoms with Crippen LogP contribution in [0.4, 0.5) is 4.79 Å². The molecular weight excluding hydrogens is 210 g/mol. The van der Waals surface area contributed by atoms with Crippen LogP contribution in [0.25, 0.3) is 0 Å². The van der Waals surface area contributed by atoms with Gasteiger partial charge < -0.3 is 10.0 Å². The molecule has 0 saturated heterocycles. The normalized spacial score (nSPS) is 17.8. The molecule has 16 heavy (non-hydrogen) atoms. The molecule has 1 N–H and O–H groups in total. The van der Waals surface area contributed by atoms with Crippen LogP contribution >= 0.6 is 0 Å². The standard InChI is InChI=1S/C10H17N3O3/c1-12(2)7-6-11-8(14)10(4-5-10)13(3)9(15)16/h6H,4-5,7H2,1-3H3,(H,15,16). The van der Waals surface area contributed by atoms with E-state index in [1.807, 2.05) is 19.0 Å². The van der Waals surface area contributed by atoms with E-state index in [1.54, 1.807) is 0 Å². The Balaban J connectivity index is 2.60. The number of nitrogens with zero attached hydrogens (tertiary/aromatic N) is 3. The van der Waals surface area contributed by atoms with Crippen molar-refractivity contribution in [3.8, 4) is 0 Å². The number of aliphatic imine (C=N–C) groups is 1. The van der Waals surface area contributed by atoms with E-state index >= 15 is 0 Å². The van der Waals surface area contributed by atoms with E-state index in [0.717, 1.165) is 4.90 Å². The molecule has 1 aliphatic rings. The van der Waals surface area contributed by atoms with Crippen LogP contribution in [0, 0.1) is 0 Å². The van der Waals surface area contributed by atoms with Crippen molar-refractivity contribution in [2.75, 3.05) is 27.7 Å². The van der Waals surface area contributed by atoms with E-state index in [2.05, 4.69) is 4.99 Å². The van der Waals surface area contributed by atoms with Gasteiger partial charge in [-0.1, -0.05) is 0 Å². The Hall–Kier alpha value is -1.43. The molecule has 0 aromatic rings. The topological polar surface area (TPSA) is 73.2 Å². The molecule has 6 heteroatoms. The minimum absolute atomic E-state index is 0.362. The summed E-state index contributed by atoms with van der Waals surface area (Å²) in [6, 6.07) is 0. The van der Waals surface area contributed by atoms with Crippen molar-refractivity contribution >= 4 is 18.2 Å². The largest absolute Gasteiger partial charge is 0.465 e. The zero-order chi connectivity index (χ0) is 12.3. The molecule has 0 aromatic carbocycles. The lowest BCUT2D eigenvalue weighted by Crippen LogP contribution is -2.43. The van der Waals surface area contributed by atoms with Gasteiger partial charge in [0.05, 0.1) is 0 Å². The minimum atomic E-state index is -1.09. The van der Waals surface area contributed by atoms with E-state index in [4.69, 9.17) is 5.11 Å². The number of amides is 2. The third-order valence-electron chi connectivity index (χ3n) is 2.71. The number of carbonyl (C=O) groups is 2. The third kappa shape index (κ3) is 2.57. The molecule has 2 amide bonds. The molecule has 0 atom stereocenters. The van der Waals surface area contributed by atoms with Crippen LogP contribution in [0.5, 0.6) is 0 Å². The molecule has 6 nitrogen and oxygen atoms in total. The molecule has 0 heterocycles. The van der Waals surface area contributed by atoms with Crippen molar-refractivity contribution in [1.29, 1.82) is 0 Å². The number of likely N-dealkylation sites (N-methyl/N-ethyl adjacent to an activating group) is 1. The average molecular weight is 227 g/mol. The summed E-state index contributed by atoms with van der Waals surface area (Å²) in [5, 5.41) is 8.83. The predicted molar refractivity (Wildman–Crippen MR) is 59.8 cm³/mol. The molecule has 0 radical (unpaired) electrons. The second-order valence-electron chi connectivity index (χ2n) is 4.25. The van der Waals surface area contributed by atoms with E-state index < -0.39 is 11.6 Å². The van der Waals surface area contributed by atoms with Crippen molar-refractivity contribution < 1.29 is 14.7 Å². The smallest absolute Gasteiger partial charge is 0.407 e. The number of rotatable bonds is 4. The molecular formula is C10H17N3O3. The average Bonchev–Trinajstić information content (AvgIpc) is 2.96. The molecule has 0 aliphatic heterocycles. The fourth-order valence-electron chi connectivity index (χ4n) is 1.40. The molecule has 0 unspecified atom stereocenters. The molecule has 0 aromatic heterocycles. The number of carbonyl (C=O) groups excluding carboxylic acids is 1. The highest BCUT2D eigenvalue weighted by atomic mass is 16.4. The Labute approximate surface area is 94.6 Å². The summed E-state index contributed by atoms with van der Waals surface area (Å²) in [6.45, 7) is 0.568. The highest BCUT2D eigenvalue weighted by Gasteiger charge is 2.55. The maximum absolute atomic E-state index is 11.7. The zero-order valence-corrected chi connectivity index (χ0v) is 9.80. The summed E-state index contributed by atoms with van der Waals surface area (Å²) in [6.07, 6.45) is 1.55. The molecule has 1 aliphatic carbocycles. The molecule has 1 fully saturated rings. The summed E-state index contributed by atoms with van der Waals surface area (Å²) in [5.74, 6) is -0.362. The van der Waals surface area contributed by atoms with Crippen molar-refractivity contribution in [2.45, 2.75) is 18.4 Å². The first-order valence-electron chi connectivity index (χ1n) is 5.08. The van der Waals surface area contributed by atoms with Crippen LogP contribution < -0.4 is 0 Å². The van der Waals surface area contributed by atoms with E-state index in [0.29, 0.717) is 19.4 Å². The van der Waals surface area contributed by atoms with Gasteiger partial charge in [0.15, 0.2) is 0 Å². The first-order chi connectivity index (χ1) is 7.40. The third-order valence-corrected chi connectivity index (χ3v) is 2.71. The fraction of sp³-hybridized carbons (Fsp3) is 0.700. The van der Waals surface area contributed by atoms with E-state index in [1.165, 1.54) is 13.3 Å². The lowest BCUT2D eigenvalue weighted by Gasteiger charge is -2.21. The molecule has 0 bridgehead atoms. The van der Waals surface area contributed by atoms with Crippen LogP contribution in [0.2, 0.25) is 0 Å². The van der Waals surface area contributed by atoms with Crippen molar-refractivity contribution in [1.82, 2.24) is 9.80 Å². The van der Waals surface area contributed by atoms with Gasteiger partial charge in [-0.2, -0.15) is 0 Å². The molecule has 0 spiro atoms. The van der Waals surface area contributed by atoms with E-state index in [9.17, 15) is 9.59 Å². The highest BCUT2D eigenvalue weighted by molar-refractivity contribution is 5.97.